The van der Waals surface area contributed by atoms with Gasteiger partial charge in [-0.2, -0.15) is 0 Å². The molecule has 2 heterocycles. The predicted molar refractivity (Wildman–Crippen MR) is 64.5 cm³/mol. The second-order valence-electron chi connectivity index (χ2n) is 4.19. The molecule has 1 aromatic heterocycles. The number of oxazole rings is 1. The average Bonchev–Trinajstić information content (AvgIpc) is 2.74. The molecule has 5 nitrogen and oxygen atoms in total. The third kappa shape index (κ3) is 2.11. The maximum absolute atomic E-state index is 5.84. The number of hydrogen-bond acceptors (Lipinski definition) is 5. The van der Waals surface area contributed by atoms with Gasteiger partial charge in [0.05, 0.1) is 25.4 Å². The Labute approximate surface area is 99.2 Å². The molecule has 0 radical (unpaired) electrons. The lowest BCUT2D eigenvalue weighted by molar-refractivity contribution is 0.0308. The standard InChI is InChI=1S/C12H15N3O2/c13-9-2-1-3-10-12(9)17-11(14-10)8-15-4-6-16-7-5-15/h1-3H,4-8,13H2. The molecule has 1 aliphatic heterocycles. The second kappa shape index (κ2) is 4.35. The van der Waals surface area contributed by atoms with Crippen molar-refractivity contribution in [2.45, 2.75) is 6.54 Å². The Morgan fingerprint density at radius 3 is 2.88 bits per heavy atom. The van der Waals surface area contributed by atoms with E-state index >= 15 is 0 Å². The van der Waals surface area contributed by atoms with E-state index in [0.717, 1.165) is 44.3 Å². The fourth-order valence-electron chi connectivity index (χ4n) is 2.03. The van der Waals surface area contributed by atoms with Crippen LogP contribution in [0.5, 0.6) is 0 Å². The zero-order valence-electron chi connectivity index (χ0n) is 9.56. The van der Waals surface area contributed by atoms with Crippen molar-refractivity contribution in [2.75, 3.05) is 32.0 Å². The summed E-state index contributed by atoms with van der Waals surface area (Å²) in [6, 6.07) is 5.63. The summed E-state index contributed by atoms with van der Waals surface area (Å²) in [4.78, 5) is 6.71. The molecule has 90 valence electrons. The summed E-state index contributed by atoms with van der Waals surface area (Å²) in [5.74, 6) is 0.722. The highest BCUT2D eigenvalue weighted by molar-refractivity contribution is 5.84. The summed E-state index contributed by atoms with van der Waals surface area (Å²) in [6.45, 7) is 4.13. The van der Waals surface area contributed by atoms with Crippen LogP contribution in [-0.2, 0) is 11.3 Å². The van der Waals surface area contributed by atoms with Gasteiger partial charge in [0.25, 0.3) is 0 Å². The number of morpholine rings is 1. The molecule has 1 saturated heterocycles. The van der Waals surface area contributed by atoms with Gasteiger partial charge in [0, 0.05) is 13.1 Å². The lowest BCUT2D eigenvalue weighted by atomic mass is 10.3. The number of nitrogen functional groups attached to an aromatic ring is 1. The molecule has 0 bridgehead atoms. The van der Waals surface area contributed by atoms with Crippen LogP contribution in [0.15, 0.2) is 22.6 Å². The van der Waals surface area contributed by atoms with E-state index in [4.69, 9.17) is 14.9 Å². The Kier molecular flexibility index (Phi) is 2.70. The molecule has 2 N–H and O–H groups in total. The van der Waals surface area contributed by atoms with Crippen molar-refractivity contribution < 1.29 is 9.15 Å². The van der Waals surface area contributed by atoms with Crippen molar-refractivity contribution in [1.82, 2.24) is 9.88 Å². The number of nitrogens with zero attached hydrogens (tertiary/aromatic N) is 2. The van der Waals surface area contributed by atoms with Crippen LogP contribution in [0, 0.1) is 0 Å². The number of benzene rings is 1. The zero-order chi connectivity index (χ0) is 11.7. The van der Waals surface area contributed by atoms with Crippen molar-refractivity contribution in [3.05, 3.63) is 24.1 Å². The number of rotatable bonds is 2. The van der Waals surface area contributed by atoms with E-state index in [1.54, 1.807) is 0 Å². The van der Waals surface area contributed by atoms with Gasteiger partial charge in [0.2, 0.25) is 5.89 Å². The Bertz CT molecular complexity index is 517. The molecule has 0 unspecified atom stereocenters. The largest absolute Gasteiger partial charge is 0.437 e. The van der Waals surface area contributed by atoms with Crippen LogP contribution in [0.3, 0.4) is 0 Å². The van der Waals surface area contributed by atoms with Crippen molar-refractivity contribution in [2.24, 2.45) is 0 Å². The number of anilines is 1. The number of para-hydroxylation sites is 1. The van der Waals surface area contributed by atoms with Gasteiger partial charge in [-0.25, -0.2) is 4.98 Å². The summed E-state index contributed by atoms with van der Waals surface area (Å²) in [5.41, 5.74) is 7.99. The molecule has 1 aromatic carbocycles. The van der Waals surface area contributed by atoms with Crippen molar-refractivity contribution in [3.63, 3.8) is 0 Å². The highest BCUT2D eigenvalue weighted by Crippen LogP contribution is 2.22. The molecular weight excluding hydrogens is 218 g/mol. The first-order valence-corrected chi connectivity index (χ1v) is 5.77. The predicted octanol–water partition coefficient (Wildman–Crippen LogP) is 1.24. The van der Waals surface area contributed by atoms with Crippen LogP contribution in [0.2, 0.25) is 0 Å². The topological polar surface area (TPSA) is 64.5 Å². The number of fused-ring (bicyclic) bond motifs is 1. The normalized spacial score (nSPS) is 17.6. The Morgan fingerprint density at radius 1 is 1.29 bits per heavy atom. The van der Waals surface area contributed by atoms with Gasteiger partial charge in [0.1, 0.15) is 5.52 Å². The molecule has 2 aromatic rings. The van der Waals surface area contributed by atoms with Crippen LogP contribution >= 0.6 is 0 Å². The summed E-state index contributed by atoms with van der Waals surface area (Å²) in [6.07, 6.45) is 0. The number of ether oxygens (including phenoxy) is 1. The molecule has 1 fully saturated rings. The Morgan fingerprint density at radius 2 is 2.12 bits per heavy atom. The number of nitrogens with two attached hydrogens (primary N) is 1. The first-order valence-electron chi connectivity index (χ1n) is 5.77. The van der Waals surface area contributed by atoms with Crippen LogP contribution in [0.25, 0.3) is 11.1 Å². The van der Waals surface area contributed by atoms with E-state index in [-0.39, 0.29) is 0 Å². The van der Waals surface area contributed by atoms with Gasteiger partial charge < -0.3 is 14.9 Å². The smallest absolute Gasteiger partial charge is 0.209 e. The maximum atomic E-state index is 5.84. The van der Waals surface area contributed by atoms with Crippen molar-refractivity contribution in [3.8, 4) is 0 Å². The van der Waals surface area contributed by atoms with Gasteiger partial charge in [-0.05, 0) is 12.1 Å². The minimum absolute atomic E-state index is 0.642. The van der Waals surface area contributed by atoms with Crippen LogP contribution < -0.4 is 5.73 Å². The molecule has 3 rings (SSSR count). The highest BCUT2D eigenvalue weighted by Gasteiger charge is 2.15. The van der Waals surface area contributed by atoms with E-state index in [2.05, 4.69) is 9.88 Å². The molecule has 0 saturated carbocycles. The quantitative estimate of drug-likeness (QED) is 0.791. The molecule has 0 aliphatic carbocycles. The minimum atomic E-state index is 0.642. The number of aromatic nitrogens is 1. The molecule has 0 spiro atoms. The molecule has 5 heteroatoms. The summed E-state index contributed by atoms with van der Waals surface area (Å²) < 4.78 is 11.0. The molecule has 1 aliphatic rings. The highest BCUT2D eigenvalue weighted by atomic mass is 16.5. The number of hydrogen-bond donors (Lipinski definition) is 1. The third-order valence-electron chi connectivity index (χ3n) is 2.95. The van der Waals surface area contributed by atoms with Gasteiger partial charge in [-0.1, -0.05) is 6.07 Å². The first-order chi connectivity index (χ1) is 8.33. The molecule has 0 atom stereocenters. The van der Waals surface area contributed by atoms with E-state index in [9.17, 15) is 0 Å². The van der Waals surface area contributed by atoms with Crippen molar-refractivity contribution in [1.29, 1.82) is 0 Å². The van der Waals surface area contributed by atoms with Crippen LogP contribution in [0.1, 0.15) is 5.89 Å². The first kappa shape index (κ1) is 10.6. The van der Waals surface area contributed by atoms with Gasteiger partial charge in [-0.15, -0.1) is 0 Å². The summed E-state index contributed by atoms with van der Waals surface area (Å²) in [7, 11) is 0. The van der Waals surface area contributed by atoms with E-state index < -0.39 is 0 Å². The molecular formula is C12H15N3O2. The third-order valence-corrected chi connectivity index (χ3v) is 2.95. The van der Waals surface area contributed by atoms with E-state index in [1.165, 1.54) is 0 Å². The molecule has 0 amide bonds. The molecule has 17 heavy (non-hydrogen) atoms. The Balaban J connectivity index is 1.83. The summed E-state index contributed by atoms with van der Waals surface area (Å²) >= 11 is 0. The van der Waals surface area contributed by atoms with Crippen molar-refractivity contribution >= 4 is 16.8 Å². The average molecular weight is 233 g/mol. The second-order valence-corrected chi connectivity index (χ2v) is 4.19. The maximum Gasteiger partial charge on any atom is 0.209 e. The fraction of sp³-hybridized carbons (Fsp3) is 0.417. The van der Waals surface area contributed by atoms with Crippen LogP contribution in [0.4, 0.5) is 5.69 Å². The van der Waals surface area contributed by atoms with Gasteiger partial charge >= 0.3 is 0 Å². The van der Waals surface area contributed by atoms with E-state index in [1.807, 2.05) is 18.2 Å². The van der Waals surface area contributed by atoms with Crippen LogP contribution in [-0.4, -0.2) is 36.2 Å². The lowest BCUT2D eigenvalue weighted by Crippen LogP contribution is -2.35. The monoisotopic (exact) mass is 233 g/mol. The summed E-state index contributed by atoms with van der Waals surface area (Å²) in [5, 5.41) is 0. The Hall–Kier alpha value is -1.59. The minimum Gasteiger partial charge on any atom is -0.437 e. The lowest BCUT2D eigenvalue weighted by Gasteiger charge is -2.24. The SMILES string of the molecule is Nc1cccc2nc(CN3CCOCC3)oc12. The van der Waals surface area contributed by atoms with E-state index in [0.29, 0.717) is 11.3 Å². The fourth-order valence-corrected chi connectivity index (χ4v) is 2.03. The van der Waals surface area contributed by atoms with Gasteiger partial charge in [0.15, 0.2) is 5.58 Å². The van der Waals surface area contributed by atoms with Gasteiger partial charge in [-0.3, -0.25) is 4.90 Å². The zero-order valence-corrected chi connectivity index (χ0v) is 9.56.